The number of nitrogens with one attached hydrogen (secondary N) is 2. The molecule has 9 heteroatoms. The number of alkyl halides is 3. The Kier molecular flexibility index (Phi) is 6.90. The predicted octanol–water partition coefficient (Wildman–Crippen LogP) is 5.70. The molecule has 2 aromatic carbocycles. The van der Waals surface area contributed by atoms with Crippen molar-refractivity contribution < 1.29 is 13.2 Å². The molecule has 2 aromatic heterocycles. The van der Waals surface area contributed by atoms with Crippen LogP contribution in [0.1, 0.15) is 35.6 Å². The highest BCUT2D eigenvalue weighted by molar-refractivity contribution is 5.79. The van der Waals surface area contributed by atoms with Gasteiger partial charge in [0, 0.05) is 24.2 Å². The number of piperidine rings is 1. The summed E-state index contributed by atoms with van der Waals surface area (Å²) in [6.45, 7) is 2.27. The van der Waals surface area contributed by atoms with Crippen LogP contribution in [0.15, 0.2) is 72.9 Å². The lowest BCUT2D eigenvalue weighted by molar-refractivity contribution is -0.137. The second-order valence-electron chi connectivity index (χ2n) is 8.74. The minimum absolute atomic E-state index is 0.200. The van der Waals surface area contributed by atoms with Gasteiger partial charge in [0.1, 0.15) is 5.69 Å². The van der Waals surface area contributed by atoms with Gasteiger partial charge >= 0.3 is 6.18 Å². The van der Waals surface area contributed by atoms with Gasteiger partial charge in [-0.3, -0.25) is 0 Å². The maximum atomic E-state index is 13.5. The third-order valence-electron chi connectivity index (χ3n) is 6.26. The van der Waals surface area contributed by atoms with Gasteiger partial charge in [-0.1, -0.05) is 42.5 Å². The Morgan fingerprint density at radius 3 is 2.50 bits per heavy atom. The monoisotopic (exact) mass is 490 g/mol. The van der Waals surface area contributed by atoms with E-state index in [2.05, 4.69) is 30.8 Å². The van der Waals surface area contributed by atoms with Crippen LogP contribution in [0.25, 0.3) is 22.5 Å². The molecular formula is C27H25F3N6. The molecule has 1 aliphatic rings. The molecule has 1 aliphatic heterocycles. The Hall–Kier alpha value is -3.85. The lowest BCUT2D eigenvalue weighted by Gasteiger charge is -2.22. The van der Waals surface area contributed by atoms with E-state index in [1.807, 2.05) is 36.4 Å². The van der Waals surface area contributed by atoms with Crippen LogP contribution in [0.2, 0.25) is 0 Å². The summed E-state index contributed by atoms with van der Waals surface area (Å²) < 4.78 is 40.5. The molecule has 5 rings (SSSR count). The van der Waals surface area contributed by atoms with Crippen LogP contribution >= 0.6 is 0 Å². The first-order chi connectivity index (χ1) is 17.5. The summed E-state index contributed by atoms with van der Waals surface area (Å²) in [5, 5.41) is 15.5. The molecule has 36 heavy (non-hydrogen) atoms. The van der Waals surface area contributed by atoms with E-state index in [1.54, 1.807) is 18.3 Å². The van der Waals surface area contributed by atoms with E-state index in [1.165, 1.54) is 6.07 Å². The number of rotatable bonds is 6. The van der Waals surface area contributed by atoms with Gasteiger partial charge < -0.3 is 10.6 Å². The van der Waals surface area contributed by atoms with Gasteiger partial charge in [-0.25, -0.2) is 9.97 Å². The number of aromatic nitrogens is 4. The van der Waals surface area contributed by atoms with Crippen molar-refractivity contribution in [3.63, 3.8) is 0 Å². The van der Waals surface area contributed by atoms with Gasteiger partial charge in [-0.05, 0) is 61.3 Å². The molecule has 3 heterocycles. The van der Waals surface area contributed by atoms with Crippen LogP contribution in [-0.2, 0) is 12.7 Å². The highest BCUT2D eigenvalue weighted by atomic mass is 19.4. The number of halogens is 3. The molecule has 0 spiro atoms. The van der Waals surface area contributed by atoms with Crippen LogP contribution < -0.4 is 10.6 Å². The Bertz CT molecular complexity index is 1320. The summed E-state index contributed by atoms with van der Waals surface area (Å²) in [7, 11) is 0. The number of hydrogen-bond acceptors (Lipinski definition) is 6. The minimum Gasteiger partial charge on any atom is -0.350 e. The molecule has 0 unspecified atom stereocenters. The zero-order valence-electron chi connectivity index (χ0n) is 19.5. The lowest BCUT2D eigenvalue weighted by atomic mass is 9.91. The third kappa shape index (κ3) is 5.52. The molecule has 0 bridgehead atoms. The van der Waals surface area contributed by atoms with Crippen molar-refractivity contribution in [3.8, 4) is 22.5 Å². The maximum absolute atomic E-state index is 13.5. The fourth-order valence-corrected chi connectivity index (χ4v) is 4.35. The van der Waals surface area contributed by atoms with Crippen molar-refractivity contribution in [1.29, 1.82) is 0 Å². The highest BCUT2D eigenvalue weighted by Crippen LogP contribution is 2.36. The summed E-state index contributed by atoms with van der Waals surface area (Å²) in [6.07, 6.45) is -1.04. The van der Waals surface area contributed by atoms with Crippen LogP contribution in [0.3, 0.4) is 0 Å². The lowest BCUT2D eigenvalue weighted by Crippen LogP contribution is -2.27. The van der Waals surface area contributed by atoms with Crippen molar-refractivity contribution in [1.82, 2.24) is 25.5 Å². The van der Waals surface area contributed by atoms with Crippen molar-refractivity contribution in [2.75, 3.05) is 18.4 Å². The molecular weight excluding hydrogens is 465 g/mol. The SMILES string of the molecule is FC(F)(F)c1cccc(-c2cc(C3CCNCC3)nnc2-c2ccnc(NCc3ccccc3)n2)c1. The van der Waals surface area contributed by atoms with E-state index in [0.29, 0.717) is 35.0 Å². The zero-order chi connectivity index (χ0) is 25.0. The molecule has 2 N–H and O–H groups in total. The van der Waals surface area contributed by atoms with E-state index in [0.717, 1.165) is 49.3 Å². The zero-order valence-corrected chi connectivity index (χ0v) is 19.5. The van der Waals surface area contributed by atoms with Gasteiger partial charge in [0.05, 0.1) is 17.0 Å². The van der Waals surface area contributed by atoms with Crippen LogP contribution in [0.5, 0.6) is 0 Å². The van der Waals surface area contributed by atoms with E-state index in [9.17, 15) is 13.2 Å². The first-order valence-corrected chi connectivity index (χ1v) is 11.8. The van der Waals surface area contributed by atoms with Gasteiger partial charge in [0.2, 0.25) is 5.95 Å². The summed E-state index contributed by atoms with van der Waals surface area (Å²) in [5.41, 5.74) is 3.03. The van der Waals surface area contributed by atoms with Gasteiger partial charge in [0.25, 0.3) is 0 Å². The Balaban J connectivity index is 1.53. The van der Waals surface area contributed by atoms with E-state index >= 15 is 0 Å². The van der Waals surface area contributed by atoms with Crippen molar-refractivity contribution in [3.05, 3.63) is 89.7 Å². The molecule has 0 amide bonds. The van der Waals surface area contributed by atoms with Crippen LogP contribution in [0.4, 0.5) is 19.1 Å². The third-order valence-corrected chi connectivity index (χ3v) is 6.26. The summed E-state index contributed by atoms with van der Waals surface area (Å²) >= 11 is 0. The Labute approximate surface area is 207 Å². The topological polar surface area (TPSA) is 75.6 Å². The molecule has 6 nitrogen and oxygen atoms in total. The van der Waals surface area contributed by atoms with Crippen molar-refractivity contribution in [2.24, 2.45) is 0 Å². The van der Waals surface area contributed by atoms with Crippen LogP contribution in [-0.4, -0.2) is 33.3 Å². The van der Waals surface area contributed by atoms with E-state index in [4.69, 9.17) is 0 Å². The molecule has 1 saturated heterocycles. The largest absolute Gasteiger partial charge is 0.416 e. The first kappa shape index (κ1) is 23.9. The normalized spacial score (nSPS) is 14.5. The standard InChI is InChI=1S/C27H25F3N6/c28-27(29,30)21-8-4-7-20(15-21)22-16-24(19-9-12-31-13-10-19)35-36-25(22)23-11-14-32-26(34-23)33-17-18-5-2-1-3-6-18/h1-8,11,14-16,19,31H,9-10,12-13,17H2,(H,32,33,34). The number of benzene rings is 2. The number of nitrogens with zero attached hydrogens (tertiary/aromatic N) is 4. The summed E-state index contributed by atoms with van der Waals surface area (Å²) in [4.78, 5) is 8.89. The summed E-state index contributed by atoms with van der Waals surface area (Å²) in [6, 6.07) is 18.7. The molecule has 0 atom stereocenters. The average Bonchev–Trinajstić information content (AvgIpc) is 2.92. The molecule has 0 aliphatic carbocycles. The van der Waals surface area contributed by atoms with Crippen molar-refractivity contribution in [2.45, 2.75) is 31.5 Å². The fraction of sp³-hybridized carbons (Fsp3) is 0.259. The molecule has 1 fully saturated rings. The minimum atomic E-state index is -4.45. The highest BCUT2D eigenvalue weighted by Gasteiger charge is 2.31. The number of anilines is 1. The molecule has 4 aromatic rings. The van der Waals surface area contributed by atoms with Gasteiger partial charge in [-0.2, -0.15) is 18.3 Å². The van der Waals surface area contributed by atoms with Crippen LogP contribution in [0, 0.1) is 0 Å². The quantitative estimate of drug-likeness (QED) is 0.361. The Morgan fingerprint density at radius 1 is 0.917 bits per heavy atom. The van der Waals surface area contributed by atoms with Crippen molar-refractivity contribution >= 4 is 5.95 Å². The second-order valence-corrected chi connectivity index (χ2v) is 8.74. The summed E-state index contributed by atoms with van der Waals surface area (Å²) in [5.74, 6) is 0.599. The molecule has 0 radical (unpaired) electrons. The van der Waals surface area contributed by atoms with E-state index in [-0.39, 0.29) is 5.92 Å². The van der Waals surface area contributed by atoms with Gasteiger partial charge in [-0.15, -0.1) is 5.10 Å². The molecule has 0 saturated carbocycles. The van der Waals surface area contributed by atoms with Gasteiger partial charge in [0.15, 0.2) is 0 Å². The van der Waals surface area contributed by atoms with E-state index < -0.39 is 11.7 Å². The molecule has 184 valence electrons. The average molecular weight is 491 g/mol. The second kappa shape index (κ2) is 10.4. The maximum Gasteiger partial charge on any atom is 0.416 e. The number of hydrogen-bond donors (Lipinski definition) is 2. The predicted molar refractivity (Wildman–Crippen MR) is 132 cm³/mol. The first-order valence-electron chi connectivity index (χ1n) is 11.8. The fourth-order valence-electron chi connectivity index (χ4n) is 4.35. The Morgan fingerprint density at radius 2 is 1.72 bits per heavy atom. The smallest absolute Gasteiger partial charge is 0.350 e.